The van der Waals surface area contributed by atoms with Crippen molar-refractivity contribution in [2.75, 3.05) is 62.7 Å². The number of nitrogens with one attached hydrogen (secondary N) is 1. The van der Waals surface area contributed by atoms with Crippen molar-refractivity contribution in [1.82, 2.24) is 24.4 Å². The Kier molecular flexibility index (Phi) is 6.18. The van der Waals surface area contributed by atoms with Gasteiger partial charge in [0.25, 0.3) is 0 Å². The Balaban J connectivity index is 1.13. The quantitative estimate of drug-likeness (QED) is 0.633. The molecule has 0 saturated carbocycles. The predicted octanol–water partition coefficient (Wildman–Crippen LogP) is 2.63. The van der Waals surface area contributed by atoms with Crippen LogP contribution in [0.2, 0.25) is 0 Å². The number of piperidine rings is 1. The molecule has 2 aliphatic rings. The van der Waals surface area contributed by atoms with Gasteiger partial charge in [0.1, 0.15) is 5.82 Å². The van der Waals surface area contributed by atoms with E-state index in [4.69, 9.17) is 9.72 Å². The number of aromatic nitrogens is 4. The molecule has 0 radical (unpaired) electrons. The van der Waals surface area contributed by atoms with E-state index in [0.717, 1.165) is 51.1 Å². The standard InChI is InChI=1S/C23H30FN7O/c1-29-20-5-3-2-4-19(20)27-22(29)17-6-9-30(10-7-17)11-8-25-21-18(24)16-26-23(28-21)31-12-14-32-15-13-31/h2-5,16-17H,6-15H2,1H3,(H,25,26,28). The van der Waals surface area contributed by atoms with Crippen LogP contribution < -0.4 is 10.2 Å². The van der Waals surface area contributed by atoms with Crippen LogP contribution in [0.3, 0.4) is 0 Å². The van der Waals surface area contributed by atoms with E-state index in [-0.39, 0.29) is 5.82 Å². The van der Waals surface area contributed by atoms with Crippen LogP contribution in [0.25, 0.3) is 11.0 Å². The molecule has 0 aliphatic carbocycles. The number of rotatable bonds is 6. The smallest absolute Gasteiger partial charge is 0.227 e. The molecule has 2 saturated heterocycles. The minimum absolute atomic E-state index is 0.274. The molecule has 2 aliphatic heterocycles. The topological polar surface area (TPSA) is 71.3 Å². The van der Waals surface area contributed by atoms with Gasteiger partial charge < -0.3 is 24.4 Å². The number of likely N-dealkylation sites (tertiary alicyclic amines) is 1. The number of morpholine rings is 1. The second kappa shape index (κ2) is 9.38. The van der Waals surface area contributed by atoms with Gasteiger partial charge >= 0.3 is 0 Å². The summed E-state index contributed by atoms with van der Waals surface area (Å²) < 4.78 is 21.8. The number of imidazole rings is 1. The maximum Gasteiger partial charge on any atom is 0.227 e. The van der Waals surface area contributed by atoms with Crippen LogP contribution in [-0.4, -0.2) is 76.9 Å². The molecule has 0 unspecified atom stereocenters. The van der Waals surface area contributed by atoms with Gasteiger partial charge in [0, 0.05) is 39.1 Å². The van der Waals surface area contributed by atoms with Crippen LogP contribution in [0, 0.1) is 5.82 Å². The van der Waals surface area contributed by atoms with Crippen LogP contribution in [0.1, 0.15) is 24.6 Å². The van der Waals surface area contributed by atoms with E-state index in [1.54, 1.807) is 0 Å². The molecule has 2 fully saturated rings. The lowest BCUT2D eigenvalue weighted by Gasteiger charge is -2.31. The van der Waals surface area contributed by atoms with Crippen LogP contribution in [-0.2, 0) is 11.8 Å². The summed E-state index contributed by atoms with van der Waals surface area (Å²) in [7, 11) is 2.11. The Bertz CT molecular complexity index is 1060. The van der Waals surface area contributed by atoms with Crippen molar-refractivity contribution in [3.05, 3.63) is 42.1 Å². The number of nitrogens with zero attached hydrogens (tertiary/aromatic N) is 6. The second-order valence-corrected chi connectivity index (χ2v) is 8.53. The third-order valence-electron chi connectivity index (χ3n) is 6.52. The predicted molar refractivity (Wildman–Crippen MR) is 123 cm³/mol. The van der Waals surface area contributed by atoms with Crippen molar-refractivity contribution in [2.45, 2.75) is 18.8 Å². The SMILES string of the molecule is Cn1c(C2CCN(CCNc3nc(N4CCOCC4)ncc3F)CC2)nc2ccccc21. The van der Waals surface area contributed by atoms with Crippen LogP contribution in [0.5, 0.6) is 0 Å². The number of ether oxygens (including phenoxy) is 1. The zero-order valence-corrected chi connectivity index (χ0v) is 18.5. The first kappa shape index (κ1) is 21.1. The maximum absolute atomic E-state index is 14.2. The molecule has 32 heavy (non-hydrogen) atoms. The van der Waals surface area contributed by atoms with Gasteiger partial charge in [-0.25, -0.2) is 14.4 Å². The first-order valence-corrected chi connectivity index (χ1v) is 11.4. The number of para-hydroxylation sites is 2. The average molecular weight is 440 g/mol. The van der Waals surface area contributed by atoms with Crippen LogP contribution in [0.15, 0.2) is 30.5 Å². The van der Waals surface area contributed by atoms with E-state index < -0.39 is 5.82 Å². The lowest BCUT2D eigenvalue weighted by Crippen LogP contribution is -2.38. The number of hydrogen-bond donors (Lipinski definition) is 1. The molecule has 0 bridgehead atoms. The Morgan fingerprint density at radius 3 is 2.66 bits per heavy atom. The van der Waals surface area contributed by atoms with E-state index in [2.05, 4.69) is 50.0 Å². The van der Waals surface area contributed by atoms with E-state index >= 15 is 0 Å². The fourth-order valence-electron chi connectivity index (χ4n) is 4.67. The van der Waals surface area contributed by atoms with Gasteiger partial charge in [-0.05, 0) is 38.1 Å². The lowest BCUT2D eigenvalue weighted by atomic mass is 9.96. The van der Waals surface area contributed by atoms with Gasteiger partial charge in [0.2, 0.25) is 5.95 Å². The van der Waals surface area contributed by atoms with E-state index in [0.29, 0.717) is 31.6 Å². The molecule has 5 rings (SSSR count). The lowest BCUT2D eigenvalue weighted by molar-refractivity contribution is 0.122. The molecular formula is C23H30FN7O. The summed E-state index contributed by atoms with van der Waals surface area (Å²) in [6.07, 6.45) is 3.42. The third kappa shape index (κ3) is 4.40. The number of halogens is 1. The van der Waals surface area contributed by atoms with Gasteiger partial charge in [-0.1, -0.05) is 12.1 Å². The summed E-state index contributed by atoms with van der Waals surface area (Å²) in [6.45, 7) is 6.28. The Hall–Kier alpha value is -2.78. The molecule has 0 amide bonds. The average Bonchev–Trinajstić information content (AvgIpc) is 3.18. The summed E-state index contributed by atoms with van der Waals surface area (Å²) in [5, 5.41) is 3.17. The highest BCUT2D eigenvalue weighted by molar-refractivity contribution is 5.75. The molecule has 170 valence electrons. The van der Waals surface area contributed by atoms with Gasteiger partial charge in [0.05, 0.1) is 30.4 Å². The summed E-state index contributed by atoms with van der Waals surface area (Å²) in [6, 6.07) is 8.31. The fourth-order valence-corrected chi connectivity index (χ4v) is 4.67. The minimum atomic E-state index is -0.414. The Morgan fingerprint density at radius 1 is 1.09 bits per heavy atom. The van der Waals surface area contributed by atoms with Gasteiger partial charge in [-0.15, -0.1) is 0 Å². The summed E-state index contributed by atoms with van der Waals surface area (Å²) >= 11 is 0. The normalized spacial score (nSPS) is 18.4. The number of anilines is 2. The number of fused-ring (bicyclic) bond motifs is 1. The molecule has 8 nitrogen and oxygen atoms in total. The monoisotopic (exact) mass is 439 g/mol. The highest BCUT2D eigenvalue weighted by Gasteiger charge is 2.24. The first-order chi connectivity index (χ1) is 15.7. The first-order valence-electron chi connectivity index (χ1n) is 11.4. The number of aryl methyl sites for hydroxylation is 1. The summed E-state index contributed by atoms with van der Waals surface area (Å²) in [5.74, 6) is 2.08. The van der Waals surface area contributed by atoms with Crippen molar-refractivity contribution in [3.63, 3.8) is 0 Å². The molecule has 0 atom stereocenters. The highest BCUT2D eigenvalue weighted by atomic mass is 19.1. The van der Waals surface area contributed by atoms with Crippen molar-refractivity contribution in [1.29, 1.82) is 0 Å². The van der Waals surface area contributed by atoms with Gasteiger partial charge in [0.15, 0.2) is 11.6 Å². The molecule has 4 heterocycles. The van der Waals surface area contributed by atoms with Gasteiger partial charge in [-0.3, -0.25) is 0 Å². The second-order valence-electron chi connectivity index (χ2n) is 8.53. The van der Waals surface area contributed by atoms with Gasteiger partial charge in [-0.2, -0.15) is 4.98 Å². The molecule has 0 spiro atoms. The molecule has 9 heteroatoms. The molecule has 1 aromatic carbocycles. The molecule has 3 aromatic rings. The summed E-state index contributed by atoms with van der Waals surface area (Å²) in [4.78, 5) is 17.9. The van der Waals surface area contributed by atoms with Crippen molar-refractivity contribution in [2.24, 2.45) is 7.05 Å². The zero-order chi connectivity index (χ0) is 21.9. The zero-order valence-electron chi connectivity index (χ0n) is 18.5. The third-order valence-corrected chi connectivity index (χ3v) is 6.52. The van der Waals surface area contributed by atoms with E-state index in [1.165, 1.54) is 17.5 Å². The molecule has 1 N–H and O–H groups in total. The molecular weight excluding hydrogens is 409 g/mol. The Morgan fingerprint density at radius 2 is 1.88 bits per heavy atom. The van der Waals surface area contributed by atoms with Crippen molar-refractivity contribution >= 4 is 22.8 Å². The summed E-state index contributed by atoms with van der Waals surface area (Å²) in [5.41, 5.74) is 2.26. The van der Waals surface area contributed by atoms with Crippen molar-refractivity contribution < 1.29 is 9.13 Å². The van der Waals surface area contributed by atoms with Crippen LogP contribution in [0.4, 0.5) is 16.2 Å². The van der Waals surface area contributed by atoms with Crippen molar-refractivity contribution in [3.8, 4) is 0 Å². The minimum Gasteiger partial charge on any atom is -0.378 e. The Labute approximate surface area is 187 Å². The van der Waals surface area contributed by atoms with Crippen LogP contribution >= 0.6 is 0 Å². The fraction of sp³-hybridized carbons (Fsp3) is 0.522. The number of benzene rings is 1. The van der Waals surface area contributed by atoms with E-state index in [1.807, 2.05) is 11.0 Å². The van der Waals surface area contributed by atoms with E-state index in [9.17, 15) is 4.39 Å². The highest BCUT2D eigenvalue weighted by Crippen LogP contribution is 2.29. The number of hydrogen-bond acceptors (Lipinski definition) is 7. The maximum atomic E-state index is 14.2. The molecule has 2 aromatic heterocycles. The largest absolute Gasteiger partial charge is 0.378 e.